The van der Waals surface area contributed by atoms with Crippen molar-refractivity contribution in [3.63, 3.8) is 0 Å². The van der Waals surface area contributed by atoms with Crippen molar-refractivity contribution in [2.45, 2.75) is 52.2 Å². The third kappa shape index (κ3) is 5.76. The molecule has 24 heavy (non-hydrogen) atoms. The number of carbonyl (C=O) groups excluding carboxylic acids is 2. The highest BCUT2D eigenvalue weighted by Crippen LogP contribution is 2.19. The Bertz CT molecular complexity index is 587. The zero-order valence-corrected chi connectivity index (χ0v) is 15.8. The number of thiophene rings is 2. The zero-order valence-electron chi connectivity index (χ0n) is 14.2. The number of amides is 2. The van der Waals surface area contributed by atoms with Gasteiger partial charge in [-0.3, -0.25) is 9.59 Å². The van der Waals surface area contributed by atoms with E-state index in [4.69, 9.17) is 0 Å². The third-order valence-corrected chi connectivity index (χ3v) is 5.41. The van der Waals surface area contributed by atoms with Gasteiger partial charge < -0.3 is 10.2 Å². The van der Waals surface area contributed by atoms with Gasteiger partial charge in [-0.1, -0.05) is 31.9 Å². The van der Waals surface area contributed by atoms with Crippen LogP contribution in [0, 0.1) is 0 Å². The molecule has 2 aromatic rings. The molecule has 0 aliphatic carbocycles. The van der Waals surface area contributed by atoms with Crippen LogP contribution in [0.1, 0.15) is 42.9 Å². The molecule has 4 nitrogen and oxygen atoms in total. The molecule has 0 saturated heterocycles. The zero-order chi connectivity index (χ0) is 17.4. The molecule has 0 unspecified atom stereocenters. The minimum absolute atomic E-state index is 0.000417. The average molecular weight is 365 g/mol. The van der Waals surface area contributed by atoms with E-state index in [0.717, 1.165) is 22.6 Å². The van der Waals surface area contributed by atoms with E-state index in [1.807, 2.05) is 39.9 Å². The summed E-state index contributed by atoms with van der Waals surface area (Å²) in [5.41, 5.74) is 0. The van der Waals surface area contributed by atoms with E-state index in [1.54, 1.807) is 22.7 Å². The van der Waals surface area contributed by atoms with E-state index in [0.29, 0.717) is 19.5 Å². The van der Waals surface area contributed by atoms with Crippen LogP contribution in [0.3, 0.4) is 0 Å². The van der Waals surface area contributed by atoms with Crippen LogP contribution in [0.4, 0.5) is 0 Å². The Morgan fingerprint density at radius 3 is 2.12 bits per heavy atom. The maximum Gasteiger partial charge on any atom is 0.245 e. The van der Waals surface area contributed by atoms with E-state index in [9.17, 15) is 9.59 Å². The van der Waals surface area contributed by atoms with Crippen LogP contribution in [-0.4, -0.2) is 22.8 Å². The number of hydrogen-bond donors (Lipinski definition) is 1. The Labute approximate surface area is 151 Å². The molecule has 0 bridgehead atoms. The molecule has 0 radical (unpaired) electrons. The van der Waals surface area contributed by atoms with Crippen molar-refractivity contribution in [2.24, 2.45) is 0 Å². The van der Waals surface area contributed by atoms with E-state index in [2.05, 4.69) is 12.2 Å². The predicted molar refractivity (Wildman–Crippen MR) is 100 cm³/mol. The first-order chi connectivity index (χ1) is 11.6. The van der Waals surface area contributed by atoms with Gasteiger partial charge in [-0.2, -0.15) is 0 Å². The highest BCUT2D eigenvalue weighted by Gasteiger charge is 2.25. The van der Waals surface area contributed by atoms with Gasteiger partial charge in [-0.05, 0) is 29.3 Å². The van der Waals surface area contributed by atoms with Crippen LogP contribution in [-0.2, 0) is 22.7 Å². The van der Waals surface area contributed by atoms with E-state index < -0.39 is 6.04 Å². The van der Waals surface area contributed by atoms with Gasteiger partial charge in [0, 0.05) is 16.7 Å². The summed E-state index contributed by atoms with van der Waals surface area (Å²) >= 11 is 3.29. The summed E-state index contributed by atoms with van der Waals surface area (Å²) < 4.78 is 0. The van der Waals surface area contributed by atoms with E-state index in [1.165, 1.54) is 6.92 Å². The van der Waals surface area contributed by atoms with Gasteiger partial charge in [0.05, 0.1) is 13.1 Å². The number of unbranched alkanes of at least 4 members (excludes halogenated alkanes) is 1. The average Bonchev–Trinajstić information content (AvgIpc) is 3.23. The van der Waals surface area contributed by atoms with Gasteiger partial charge in [-0.25, -0.2) is 0 Å². The fourth-order valence-corrected chi connectivity index (χ4v) is 3.96. The van der Waals surface area contributed by atoms with E-state index in [-0.39, 0.29) is 11.8 Å². The van der Waals surface area contributed by atoms with Crippen molar-refractivity contribution in [3.05, 3.63) is 44.8 Å². The summed E-state index contributed by atoms with van der Waals surface area (Å²) in [4.78, 5) is 28.7. The largest absolute Gasteiger partial charge is 0.345 e. The summed E-state index contributed by atoms with van der Waals surface area (Å²) in [7, 11) is 0. The SMILES string of the molecule is CCCC[C@H](NC(C)=O)C(=O)N(Cc1cccs1)Cc1cccs1. The Morgan fingerprint density at radius 2 is 1.71 bits per heavy atom. The van der Waals surface area contributed by atoms with Gasteiger partial charge in [-0.15, -0.1) is 22.7 Å². The highest BCUT2D eigenvalue weighted by atomic mass is 32.1. The lowest BCUT2D eigenvalue weighted by Crippen LogP contribution is -2.47. The summed E-state index contributed by atoms with van der Waals surface area (Å²) in [6.45, 7) is 4.71. The predicted octanol–water partition coefficient (Wildman–Crippen LogP) is 4.03. The summed E-state index contributed by atoms with van der Waals surface area (Å²) in [5.74, 6) is -0.155. The van der Waals surface area contributed by atoms with Crippen LogP contribution in [0.2, 0.25) is 0 Å². The fourth-order valence-electron chi connectivity index (χ4n) is 2.52. The monoisotopic (exact) mass is 364 g/mol. The van der Waals surface area contributed by atoms with Gasteiger partial charge in [0.1, 0.15) is 6.04 Å². The van der Waals surface area contributed by atoms with Gasteiger partial charge in [0.25, 0.3) is 0 Å². The second-order valence-electron chi connectivity index (χ2n) is 5.75. The Morgan fingerprint density at radius 1 is 1.12 bits per heavy atom. The third-order valence-electron chi connectivity index (χ3n) is 3.69. The van der Waals surface area contributed by atoms with Crippen LogP contribution >= 0.6 is 22.7 Å². The van der Waals surface area contributed by atoms with Crippen LogP contribution in [0.25, 0.3) is 0 Å². The molecular weight excluding hydrogens is 340 g/mol. The molecule has 2 heterocycles. The second kappa shape index (κ2) is 9.59. The highest BCUT2D eigenvalue weighted by molar-refractivity contribution is 7.10. The van der Waals surface area contributed by atoms with Crippen molar-refractivity contribution in [1.82, 2.24) is 10.2 Å². The topological polar surface area (TPSA) is 49.4 Å². The first kappa shape index (κ1) is 18.7. The number of nitrogens with one attached hydrogen (secondary N) is 1. The minimum atomic E-state index is -0.442. The first-order valence-corrected chi connectivity index (χ1v) is 9.96. The molecule has 0 fully saturated rings. The molecule has 0 spiro atoms. The molecule has 6 heteroatoms. The first-order valence-electron chi connectivity index (χ1n) is 8.20. The maximum atomic E-state index is 13.1. The molecule has 2 aromatic heterocycles. The number of nitrogens with zero attached hydrogens (tertiary/aromatic N) is 1. The summed E-state index contributed by atoms with van der Waals surface area (Å²) in [5, 5.41) is 6.87. The number of rotatable bonds is 9. The molecule has 2 amide bonds. The quantitative estimate of drug-likeness (QED) is 0.730. The molecule has 0 saturated carbocycles. The lowest BCUT2D eigenvalue weighted by Gasteiger charge is -2.27. The maximum absolute atomic E-state index is 13.1. The lowest BCUT2D eigenvalue weighted by atomic mass is 10.1. The lowest BCUT2D eigenvalue weighted by molar-refractivity contribution is -0.137. The smallest absolute Gasteiger partial charge is 0.245 e. The molecule has 1 N–H and O–H groups in total. The molecule has 2 rings (SSSR count). The van der Waals surface area contributed by atoms with Crippen molar-refractivity contribution >= 4 is 34.5 Å². The second-order valence-corrected chi connectivity index (χ2v) is 7.81. The normalized spacial score (nSPS) is 11.9. The van der Waals surface area contributed by atoms with Crippen LogP contribution < -0.4 is 5.32 Å². The van der Waals surface area contributed by atoms with Crippen molar-refractivity contribution in [1.29, 1.82) is 0 Å². The Kier molecular flexibility index (Phi) is 7.46. The van der Waals surface area contributed by atoms with Gasteiger partial charge in [0.15, 0.2) is 0 Å². The van der Waals surface area contributed by atoms with Gasteiger partial charge in [0.2, 0.25) is 11.8 Å². The summed E-state index contributed by atoms with van der Waals surface area (Å²) in [6.07, 6.45) is 2.60. The summed E-state index contributed by atoms with van der Waals surface area (Å²) in [6, 6.07) is 7.63. The Hall–Kier alpha value is -1.66. The van der Waals surface area contributed by atoms with Crippen molar-refractivity contribution < 1.29 is 9.59 Å². The molecular formula is C18H24N2O2S2. The van der Waals surface area contributed by atoms with Crippen LogP contribution in [0.5, 0.6) is 0 Å². The van der Waals surface area contributed by atoms with E-state index >= 15 is 0 Å². The minimum Gasteiger partial charge on any atom is -0.345 e. The fraction of sp³-hybridized carbons (Fsp3) is 0.444. The number of carbonyl (C=O) groups is 2. The van der Waals surface area contributed by atoms with Crippen molar-refractivity contribution in [3.8, 4) is 0 Å². The van der Waals surface area contributed by atoms with Crippen LogP contribution in [0.15, 0.2) is 35.0 Å². The number of hydrogen-bond acceptors (Lipinski definition) is 4. The van der Waals surface area contributed by atoms with Crippen molar-refractivity contribution in [2.75, 3.05) is 0 Å². The molecule has 1 atom stereocenters. The molecule has 0 aliphatic heterocycles. The Balaban J connectivity index is 2.14. The molecule has 0 aliphatic rings. The standard InChI is InChI=1S/C18H24N2O2S2/c1-3-4-9-17(19-14(2)21)18(22)20(12-15-7-5-10-23-15)13-16-8-6-11-24-16/h5-8,10-11,17H,3-4,9,12-13H2,1-2H3,(H,19,21)/t17-/m0/s1. The molecule has 0 aromatic carbocycles. The molecule has 130 valence electrons. The van der Waals surface area contributed by atoms with Gasteiger partial charge >= 0.3 is 0 Å².